The molecular weight excluding hydrogens is 260 g/mol. The van der Waals surface area contributed by atoms with Gasteiger partial charge >= 0.3 is 0 Å². The van der Waals surface area contributed by atoms with Crippen molar-refractivity contribution >= 4 is 9.84 Å². The van der Waals surface area contributed by atoms with Crippen LogP contribution in [0.4, 0.5) is 8.78 Å². The molecule has 1 aliphatic rings. The molecule has 0 aromatic heterocycles. The summed E-state index contributed by atoms with van der Waals surface area (Å²) < 4.78 is 51.6. The van der Waals surface area contributed by atoms with Gasteiger partial charge in [0.15, 0.2) is 9.84 Å². The Morgan fingerprint density at radius 1 is 1.33 bits per heavy atom. The number of benzene rings is 1. The largest absolute Gasteiger partial charge is 0.310 e. The quantitative estimate of drug-likeness (QED) is 0.900. The summed E-state index contributed by atoms with van der Waals surface area (Å²) in [5, 5.41) is 3.02. The molecule has 0 radical (unpaired) electrons. The molecule has 3 nitrogen and oxygen atoms in total. The first kappa shape index (κ1) is 13.4. The second-order valence-electron chi connectivity index (χ2n) is 4.34. The van der Waals surface area contributed by atoms with Crippen LogP contribution in [-0.4, -0.2) is 20.7 Å². The Morgan fingerprint density at radius 2 is 2.00 bits per heavy atom. The van der Waals surface area contributed by atoms with E-state index in [1.165, 1.54) is 0 Å². The molecule has 0 fully saturated rings. The average Bonchev–Trinajstić information content (AvgIpc) is 2.42. The third-order valence-electron chi connectivity index (χ3n) is 3.11. The first-order valence-corrected chi connectivity index (χ1v) is 7.56. The zero-order chi connectivity index (χ0) is 13.3. The molecule has 0 saturated carbocycles. The number of hydrogen-bond acceptors (Lipinski definition) is 3. The summed E-state index contributed by atoms with van der Waals surface area (Å²) in [5.41, 5.74) is -0.0469. The minimum Gasteiger partial charge on any atom is -0.310 e. The van der Waals surface area contributed by atoms with Gasteiger partial charge in [-0.3, -0.25) is 0 Å². The van der Waals surface area contributed by atoms with Crippen molar-refractivity contribution in [2.24, 2.45) is 0 Å². The first-order valence-electron chi connectivity index (χ1n) is 5.91. The Kier molecular flexibility index (Phi) is 3.68. The monoisotopic (exact) mass is 275 g/mol. The summed E-state index contributed by atoms with van der Waals surface area (Å²) >= 11 is 0. The summed E-state index contributed by atoms with van der Waals surface area (Å²) in [6.45, 7) is 2.41. The highest BCUT2D eigenvalue weighted by atomic mass is 32.2. The molecule has 1 atom stereocenters. The van der Waals surface area contributed by atoms with Crippen LogP contribution < -0.4 is 5.32 Å². The standard InChI is InChI=1S/C12H15F2NO2S/c1-2-15-10-4-3-7-18(16,17)12-9(14)6-5-8(13)11(10)12/h5-6,10,15H,2-4,7H2,1H3. The lowest BCUT2D eigenvalue weighted by atomic mass is 10.0. The molecule has 0 bridgehead atoms. The molecule has 1 aromatic rings. The third kappa shape index (κ3) is 2.27. The van der Waals surface area contributed by atoms with Crippen molar-refractivity contribution in [3.8, 4) is 0 Å². The van der Waals surface area contributed by atoms with Crippen molar-refractivity contribution in [3.63, 3.8) is 0 Å². The van der Waals surface area contributed by atoms with Crippen molar-refractivity contribution in [3.05, 3.63) is 29.3 Å². The van der Waals surface area contributed by atoms with Crippen LogP contribution >= 0.6 is 0 Å². The van der Waals surface area contributed by atoms with Crippen LogP contribution in [0.25, 0.3) is 0 Å². The van der Waals surface area contributed by atoms with Crippen LogP contribution in [0.2, 0.25) is 0 Å². The van der Waals surface area contributed by atoms with Crippen molar-refractivity contribution in [2.75, 3.05) is 12.3 Å². The summed E-state index contributed by atoms with van der Waals surface area (Å²) in [4.78, 5) is -0.467. The Hall–Kier alpha value is -1.01. The lowest BCUT2D eigenvalue weighted by molar-refractivity contribution is 0.466. The molecule has 100 valence electrons. The van der Waals surface area contributed by atoms with Crippen LogP contribution in [0.1, 0.15) is 31.4 Å². The maximum atomic E-state index is 13.9. The molecular formula is C12H15F2NO2S. The first-order chi connectivity index (χ1) is 8.47. The fourth-order valence-corrected chi connectivity index (χ4v) is 4.05. The smallest absolute Gasteiger partial charge is 0.181 e. The predicted molar refractivity (Wildman–Crippen MR) is 64.1 cm³/mol. The number of sulfone groups is 1. The Bertz CT molecular complexity index is 557. The highest BCUT2D eigenvalue weighted by molar-refractivity contribution is 7.91. The number of nitrogens with one attached hydrogen (secondary N) is 1. The van der Waals surface area contributed by atoms with E-state index in [2.05, 4.69) is 5.32 Å². The zero-order valence-corrected chi connectivity index (χ0v) is 10.9. The van der Waals surface area contributed by atoms with E-state index >= 15 is 0 Å². The number of hydrogen-bond donors (Lipinski definition) is 1. The third-order valence-corrected chi connectivity index (χ3v) is 4.97. The summed E-state index contributed by atoms with van der Waals surface area (Å²) in [5.74, 6) is -1.67. The van der Waals surface area contributed by atoms with Crippen LogP contribution in [0.15, 0.2) is 17.0 Å². The summed E-state index contributed by atoms with van der Waals surface area (Å²) in [6.07, 6.45) is 0.883. The fraction of sp³-hybridized carbons (Fsp3) is 0.500. The van der Waals surface area contributed by atoms with Gasteiger partial charge in [0.25, 0.3) is 0 Å². The van der Waals surface area contributed by atoms with Gasteiger partial charge in [0.05, 0.1) is 5.75 Å². The van der Waals surface area contributed by atoms with E-state index in [0.717, 1.165) is 12.1 Å². The minimum absolute atomic E-state index is 0.0469. The second kappa shape index (κ2) is 4.93. The van der Waals surface area contributed by atoms with E-state index in [1.54, 1.807) is 0 Å². The van der Waals surface area contributed by atoms with Crippen molar-refractivity contribution in [1.82, 2.24) is 5.32 Å². The van der Waals surface area contributed by atoms with Crippen molar-refractivity contribution < 1.29 is 17.2 Å². The molecule has 18 heavy (non-hydrogen) atoms. The minimum atomic E-state index is -3.74. The van der Waals surface area contributed by atoms with Gasteiger partial charge in [-0.05, 0) is 31.5 Å². The van der Waals surface area contributed by atoms with Gasteiger partial charge in [0.2, 0.25) is 0 Å². The molecule has 6 heteroatoms. The highest BCUT2D eigenvalue weighted by Gasteiger charge is 2.32. The van der Waals surface area contributed by atoms with Gasteiger partial charge in [-0.1, -0.05) is 6.92 Å². The fourth-order valence-electron chi connectivity index (χ4n) is 2.36. The molecule has 1 aliphatic heterocycles. The van der Waals surface area contributed by atoms with Gasteiger partial charge in [-0.15, -0.1) is 0 Å². The molecule has 1 unspecified atom stereocenters. The Morgan fingerprint density at radius 3 is 2.67 bits per heavy atom. The summed E-state index contributed by atoms with van der Waals surface area (Å²) in [7, 11) is -3.74. The van der Waals surface area contributed by atoms with Crippen LogP contribution in [-0.2, 0) is 9.84 Å². The maximum absolute atomic E-state index is 13.9. The van der Waals surface area contributed by atoms with Crippen molar-refractivity contribution in [1.29, 1.82) is 0 Å². The van der Waals surface area contributed by atoms with E-state index in [-0.39, 0.29) is 11.3 Å². The van der Waals surface area contributed by atoms with Crippen molar-refractivity contribution in [2.45, 2.75) is 30.7 Å². The average molecular weight is 275 g/mol. The van der Waals surface area contributed by atoms with E-state index in [0.29, 0.717) is 19.4 Å². The van der Waals surface area contributed by atoms with Gasteiger partial charge in [0.1, 0.15) is 16.5 Å². The molecule has 1 N–H and O–H groups in total. The number of rotatable bonds is 2. The predicted octanol–water partition coefficient (Wildman–Crippen LogP) is 2.18. The number of halogens is 2. The van der Waals surface area contributed by atoms with Crippen LogP contribution in [0.3, 0.4) is 0 Å². The van der Waals surface area contributed by atoms with Gasteiger partial charge in [-0.2, -0.15) is 0 Å². The van der Waals surface area contributed by atoms with Gasteiger partial charge in [-0.25, -0.2) is 17.2 Å². The van der Waals surface area contributed by atoms with Crippen LogP contribution in [0, 0.1) is 11.6 Å². The molecule has 0 aliphatic carbocycles. The van der Waals surface area contributed by atoms with E-state index in [1.807, 2.05) is 6.92 Å². The SMILES string of the molecule is CCNC1CCCS(=O)(=O)c2c(F)ccc(F)c21. The second-order valence-corrected chi connectivity index (χ2v) is 6.39. The van der Waals surface area contributed by atoms with Crippen LogP contribution in [0.5, 0.6) is 0 Å². The molecule has 1 aromatic carbocycles. The lowest BCUT2D eigenvalue weighted by Crippen LogP contribution is -2.23. The highest BCUT2D eigenvalue weighted by Crippen LogP contribution is 2.34. The van der Waals surface area contributed by atoms with Gasteiger partial charge in [0, 0.05) is 11.6 Å². The molecule has 0 spiro atoms. The Labute approximate surface area is 105 Å². The zero-order valence-electron chi connectivity index (χ0n) is 10.0. The van der Waals surface area contributed by atoms with E-state index < -0.39 is 32.4 Å². The van der Waals surface area contributed by atoms with Gasteiger partial charge < -0.3 is 5.32 Å². The molecule has 1 heterocycles. The number of fused-ring (bicyclic) bond motifs is 1. The normalized spacial score (nSPS) is 22.3. The van der Waals surface area contributed by atoms with E-state index in [4.69, 9.17) is 0 Å². The van der Waals surface area contributed by atoms with E-state index in [9.17, 15) is 17.2 Å². The Balaban J connectivity index is 2.70. The molecule has 2 rings (SSSR count). The maximum Gasteiger partial charge on any atom is 0.181 e. The molecule has 0 amide bonds. The lowest BCUT2D eigenvalue weighted by Gasteiger charge is -2.18. The molecule has 0 saturated heterocycles. The topological polar surface area (TPSA) is 46.2 Å². The summed E-state index contributed by atoms with van der Waals surface area (Å²) in [6, 6.07) is 1.41.